The van der Waals surface area contributed by atoms with E-state index < -0.39 is 11.4 Å². The number of carboxylic acids is 1. The molecule has 1 saturated heterocycles. The second-order valence-electron chi connectivity index (χ2n) is 6.68. The Kier molecular flexibility index (Phi) is 4.28. The van der Waals surface area contributed by atoms with Gasteiger partial charge in [0.05, 0.1) is 5.41 Å². The van der Waals surface area contributed by atoms with E-state index in [0.717, 1.165) is 51.0 Å². The van der Waals surface area contributed by atoms with Gasteiger partial charge < -0.3 is 21.1 Å². The predicted octanol–water partition coefficient (Wildman–Crippen LogP) is 1.96. The minimum absolute atomic E-state index is 0.202. The van der Waals surface area contributed by atoms with Crippen LogP contribution < -0.4 is 16.0 Å². The average molecular weight is 319 g/mol. The fourth-order valence-electron chi connectivity index (χ4n) is 3.91. The zero-order valence-corrected chi connectivity index (χ0v) is 13.6. The van der Waals surface area contributed by atoms with E-state index in [1.54, 1.807) is 0 Å². The minimum atomic E-state index is -0.675. The molecule has 7 heteroatoms. The van der Waals surface area contributed by atoms with E-state index in [0.29, 0.717) is 12.4 Å². The lowest BCUT2D eigenvalue weighted by Crippen LogP contribution is -2.35. The van der Waals surface area contributed by atoms with Gasteiger partial charge in [0.25, 0.3) is 0 Å². The molecular formula is C16H25N5O2. The van der Waals surface area contributed by atoms with Crippen molar-refractivity contribution in [2.75, 3.05) is 35.6 Å². The van der Waals surface area contributed by atoms with Crippen molar-refractivity contribution in [3.63, 3.8) is 0 Å². The second-order valence-corrected chi connectivity index (χ2v) is 6.68. The Morgan fingerprint density at radius 3 is 3.09 bits per heavy atom. The summed E-state index contributed by atoms with van der Waals surface area (Å²) in [5.41, 5.74) is 5.22. The molecule has 0 spiro atoms. The summed E-state index contributed by atoms with van der Waals surface area (Å²) in [6.07, 6.45) is 4.90. The summed E-state index contributed by atoms with van der Waals surface area (Å²) in [4.78, 5) is 22.4. The van der Waals surface area contributed by atoms with Crippen LogP contribution in [0.1, 0.15) is 39.0 Å². The van der Waals surface area contributed by atoms with Crippen molar-refractivity contribution >= 4 is 23.6 Å². The van der Waals surface area contributed by atoms with E-state index in [-0.39, 0.29) is 11.9 Å². The number of nitrogen functional groups attached to an aromatic ring is 1. The van der Waals surface area contributed by atoms with Crippen LogP contribution in [0.15, 0.2) is 6.07 Å². The lowest BCUT2D eigenvalue weighted by atomic mass is 9.81. The van der Waals surface area contributed by atoms with Crippen LogP contribution >= 0.6 is 0 Å². The zero-order valence-electron chi connectivity index (χ0n) is 13.6. The first-order valence-electron chi connectivity index (χ1n) is 8.42. The number of aromatic nitrogens is 2. The second kappa shape index (κ2) is 6.22. The summed E-state index contributed by atoms with van der Waals surface area (Å²) >= 11 is 0. The highest BCUT2D eigenvalue weighted by Crippen LogP contribution is 2.49. The number of hydrogen-bond donors (Lipinski definition) is 3. The number of aliphatic carboxylic acids is 1. The van der Waals surface area contributed by atoms with Crippen molar-refractivity contribution in [3.05, 3.63) is 6.07 Å². The van der Waals surface area contributed by atoms with Crippen LogP contribution in [0, 0.1) is 11.3 Å². The molecule has 0 radical (unpaired) electrons. The molecule has 0 aromatic carbocycles. The zero-order chi connectivity index (χ0) is 16.4. The highest BCUT2D eigenvalue weighted by Gasteiger charge is 2.55. The normalized spacial score (nSPS) is 26.3. The Balaban J connectivity index is 1.78. The Morgan fingerprint density at radius 2 is 2.39 bits per heavy atom. The maximum atomic E-state index is 11.8. The van der Waals surface area contributed by atoms with E-state index in [4.69, 9.17) is 5.73 Å². The van der Waals surface area contributed by atoms with E-state index in [9.17, 15) is 9.90 Å². The van der Waals surface area contributed by atoms with Crippen LogP contribution in [0.25, 0.3) is 0 Å². The molecule has 1 aromatic heterocycles. The van der Waals surface area contributed by atoms with Crippen molar-refractivity contribution in [2.45, 2.75) is 39.0 Å². The first kappa shape index (κ1) is 15.8. The van der Waals surface area contributed by atoms with Crippen molar-refractivity contribution in [2.24, 2.45) is 11.3 Å². The topological polar surface area (TPSA) is 104 Å². The summed E-state index contributed by atoms with van der Waals surface area (Å²) in [7, 11) is 0. The number of rotatable bonds is 6. The molecule has 0 bridgehead atoms. The SMILES string of the molecule is CCCCNc1cc(N2C[C@@H]3CCC[C@@]3(C(=O)O)C2)nc(N)n1. The van der Waals surface area contributed by atoms with E-state index >= 15 is 0 Å². The summed E-state index contributed by atoms with van der Waals surface area (Å²) in [6.45, 7) is 4.22. The van der Waals surface area contributed by atoms with Gasteiger partial charge in [0, 0.05) is 25.7 Å². The van der Waals surface area contributed by atoms with Gasteiger partial charge in [0.15, 0.2) is 0 Å². The maximum absolute atomic E-state index is 11.8. The molecule has 1 aromatic rings. The minimum Gasteiger partial charge on any atom is -0.481 e. The van der Waals surface area contributed by atoms with Crippen molar-refractivity contribution in [3.8, 4) is 0 Å². The number of carbonyl (C=O) groups is 1. The standard InChI is InChI=1S/C16H25N5O2/c1-2-3-7-18-12-8-13(20-15(17)19-12)21-9-11-5-4-6-16(11,10-21)14(22)23/h8,11H,2-7,9-10H2,1H3,(H,22,23)(H3,17,18,19,20)/t11-,16+/m0/s1. The summed E-state index contributed by atoms with van der Waals surface area (Å²) in [6, 6.07) is 1.88. The fraction of sp³-hybridized carbons (Fsp3) is 0.688. The summed E-state index contributed by atoms with van der Waals surface area (Å²) < 4.78 is 0. The first-order chi connectivity index (χ1) is 11.0. The van der Waals surface area contributed by atoms with E-state index in [1.165, 1.54) is 0 Å². The molecule has 3 rings (SSSR count). The van der Waals surface area contributed by atoms with Crippen molar-refractivity contribution < 1.29 is 9.90 Å². The molecule has 2 fully saturated rings. The molecule has 7 nitrogen and oxygen atoms in total. The molecule has 0 amide bonds. The van der Waals surface area contributed by atoms with Crippen LogP contribution in [-0.4, -0.2) is 40.7 Å². The largest absolute Gasteiger partial charge is 0.481 e. The van der Waals surface area contributed by atoms with Gasteiger partial charge >= 0.3 is 5.97 Å². The van der Waals surface area contributed by atoms with Gasteiger partial charge in [-0.25, -0.2) is 0 Å². The van der Waals surface area contributed by atoms with Crippen LogP contribution in [0.4, 0.5) is 17.6 Å². The number of nitrogens with one attached hydrogen (secondary N) is 1. The molecule has 23 heavy (non-hydrogen) atoms. The highest BCUT2D eigenvalue weighted by atomic mass is 16.4. The Hall–Kier alpha value is -2.05. The number of nitrogens with two attached hydrogens (primary N) is 1. The fourth-order valence-corrected chi connectivity index (χ4v) is 3.91. The molecule has 2 atom stereocenters. The number of anilines is 3. The van der Waals surface area contributed by atoms with Crippen LogP contribution in [0.3, 0.4) is 0 Å². The van der Waals surface area contributed by atoms with E-state index in [2.05, 4.69) is 27.1 Å². The number of carboxylic acid groups (broad SMARTS) is 1. The first-order valence-corrected chi connectivity index (χ1v) is 8.42. The lowest BCUT2D eigenvalue weighted by Gasteiger charge is -2.24. The van der Waals surface area contributed by atoms with Gasteiger partial charge in [-0.3, -0.25) is 4.79 Å². The quantitative estimate of drug-likeness (QED) is 0.688. The van der Waals surface area contributed by atoms with Gasteiger partial charge in [-0.05, 0) is 25.2 Å². The van der Waals surface area contributed by atoms with Crippen LogP contribution in [-0.2, 0) is 4.79 Å². The molecule has 1 saturated carbocycles. The molecule has 4 N–H and O–H groups in total. The number of fused-ring (bicyclic) bond motifs is 1. The van der Waals surface area contributed by atoms with Gasteiger partial charge in [0.1, 0.15) is 11.6 Å². The Bertz CT molecular complexity index is 594. The third-order valence-electron chi connectivity index (χ3n) is 5.19. The predicted molar refractivity (Wildman–Crippen MR) is 89.5 cm³/mol. The molecule has 2 aliphatic rings. The van der Waals surface area contributed by atoms with Crippen molar-refractivity contribution in [1.29, 1.82) is 0 Å². The third-order valence-corrected chi connectivity index (χ3v) is 5.19. The Morgan fingerprint density at radius 1 is 1.57 bits per heavy atom. The Labute approximate surface area is 136 Å². The lowest BCUT2D eigenvalue weighted by molar-refractivity contribution is -0.149. The molecule has 0 unspecified atom stereocenters. The molecule has 126 valence electrons. The molecule has 1 aliphatic carbocycles. The third kappa shape index (κ3) is 2.92. The monoisotopic (exact) mass is 319 g/mol. The molecule has 1 aliphatic heterocycles. The van der Waals surface area contributed by atoms with Crippen LogP contribution in [0.5, 0.6) is 0 Å². The smallest absolute Gasteiger partial charge is 0.311 e. The molecule has 2 heterocycles. The summed E-state index contributed by atoms with van der Waals surface area (Å²) in [5.74, 6) is 1.19. The molecular weight excluding hydrogens is 294 g/mol. The van der Waals surface area contributed by atoms with Gasteiger partial charge in [0.2, 0.25) is 5.95 Å². The van der Waals surface area contributed by atoms with Gasteiger partial charge in [-0.15, -0.1) is 0 Å². The van der Waals surface area contributed by atoms with Crippen LogP contribution in [0.2, 0.25) is 0 Å². The number of unbranched alkanes of at least 4 members (excludes halogenated alkanes) is 1. The van der Waals surface area contributed by atoms with Crippen molar-refractivity contribution in [1.82, 2.24) is 9.97 Å². The average Bonchev–Trinajstić information content (AvgIpc) is 3.05. The highest BCUT2D eigenvalue weighted by molar-refractivity contribution is 5.78. The van der Waals surface area contributed by atoms with Gasteiger partial charge in [-0.1, -0.05) is 19.8 Å². The summed E-state index contributed by atoms with van der Waals surface area (Å²) in [5, 5.41) is 13.0. The van der Waals surface area contributed by atoms with Gasteiger partial charge in [-0.2, -0.15) is 9.97 Å². The number of hydrogen-bond acceptors (Lipinski definition) is 6. The maximum Gasteiger partial charge on any atom is 0.311 e. The van der Waals surface area contributed by atoms with E-state index in [1.807, 2.05) is 6.07 Å². The number of nitrogens with zero attached hydrogens (tertiary/aromatic N) is 3.